The van der Waals surface area contributed by atoms with Crippen molar-refractivity contribution in [2.24, 2.45) is 4.99 Å². The van der Waals surface area contributed by atoms with Crippen molar-refractivity contribution in [2.75, 3.05) is 20.1 Å². The number of hydrogen-bond donors (Lipinski definition) is 2. The summed E-state index contributed by atoms with van der Waals surface area (Å²) in [5, 5.41) is 12.8. The Morgan fingerprint density at radius 1 is 1.36 bits per heavy atom. The van der Waals surface area contributed by atoms with Gasteiger partial charge in [-0.15, -0.1) is 0 Å². The molecule has 2 rings (SSSR count). The first-order chi connectivity index (χ1) is 6.75. The zero-order chi connectivity index (χ0) is 9.97. The van der Waals surface area contributed by atoms with Gasteiger partial charge in [-0.3, -0.25) is 4.99 Å². The van der Waals surface area contributed by atoms with Gasteiger partial charge in [0.05, 0.1) is 12.6 Å². The van der Waals surface area contributed by atoms with Crippen LogP contribution in [0.3, 0.4) is 0 Å². The molecular formula is C10H19N3O. The molecule has 0 spiro atoms. The molecule has 1 saturated carbocycles. The largest absolute Gasteiger partial charge is 0.393 e. The van der Waals surface area contributed by atoms with Gasteiger partial charge in [0.15, 0.2) is 5.96 Å². The molecule has 2 aliphatic rings. The van der Waals surface area contributed by atoms with Crippen LogP contribution in [0.15, 0.2) is 4.99 Å². The van der Waals surface area contributed by atoms with Crippen molar-refractivity contribution in [3.8, 4) is 0 Å². The second-order valence-electron chi connectivity index (χ2n) is 4.28. The average Bonchev–Trinajstić information content (AvgIpc) is 2.56. The Morgan fingerprint density at radius 3 is 2.64 bits per heavy atom. The number of likely N-dealkylation sites (N-methyl/N-ethyl adjacent to an activating group) is 1. The lowest BCUT2D eigenvalue weighted by molar-refractivity contribution is 0.119. The van der Waals surface area contributed by atoms with E-state index in [0.29, 0.717) is 6.04 Å². The molecule has 0 aromatic rings. The molecule has 0 radical (unpaired) electrons. The van der Waals surface area contributed by atoms with Crippen molar-refractivity contribution in [3.63, 3.8) is 0 Å². The van der Waals surface area contributed by atoms with Gasteiger partial charge >= 0.3 is 0 Å². The second kappa shape index (κ2) is 4.17. The Balaban J connectivity index is 1.80. The van der Waals surface area contributed by atoms with Crippen molar-refractivity contribution >= 4 is 5.96 Å². The van der Waals surface area contributed by atoms with Crippen LogP contribution in [0, 0.1) is 0 Å². The molecule has 80 valence electrons. The van der Waals surface area contributed by atoms with Crippen molar-refractivity contribution < 1.29 is 5.11 Å². The number of aliphatic imine (C=N–C) groups is 1. The first-order valence-corrected chi connectivity index (χ1v) is 5.46. The van der Waals surface area contributed by atoms with Gasteiger partial charge in [0.2, 0.25) is 0 Å². The maximum absolute atomic E-state index is 9.37. The fraction of sp³-hybridized carbons (Fsp3) is 0.900. The van der Waals surface area contributed by atoms with Crippen LogP contribution in [0.25, 0.3) is 0 Å². The van der Waals surface area contributed by atoms with Crippen LogP contribution in [0.5, 0.6) is 0 Å². The normalized spacial score (nSPS) is 33.0. The number of nitrogens with zero attached hydrogens (tertiary/aromatic N) is 2. The van der Waals surface area contributed by atoms with Crippen molar-refractivity contribution in [2.45, 2.75) is 37.8 Å². The van der Waals surface area contributed by atoms with Gasteiger partial charge in [0.25, 0.3) is 0 Å². The van der Waals surface area contributed by atoms with Crippen LogP contribution in [0.4, 0.5) is 0 Å². The predicted octanol–water partition coefficient (Wildman–Crippen LogP) is 0.181. The molecule has 14 heavy (non-hydrogen) atoms. The maximum Gasteiger partial charge on any atom is 0.194 e. The highest BCUT2D eigenvalue weighted by Gasteiger charge is 2.22. The fourth-order valence-electron chi connectivity index (χ4n) is 2.09. The van der Waals surface area contributed by atoms with E-state index in [1.165, 1.54) is 0 Å². The smallest absolute Gasteiger partial charge is 0.194 e. The molecule has 0 saturated heterocycles. The van der Waals surface area contributed by atoms with Crippen LogP contribution in [-0.2, 0) is 0 Å². The lowest BCUT2D eigenvalue weighted by Gasteiger charge is -2.28. The van der Waals surface area contributed by atoms with E-state index >= 15 is 0 Å². The van der Waals surface area contributed by atoms with Gasteiger partial charge in [0, 0.05) is 19.6 Å². The van der Waals surface area contributed by atoms with E-state index < -0.39 is 0 Å². The van der Waals surface area contributed by atoms with Crippen molar-refractivity contribution in [3.05, 3.63) is 0 Å². The molecule has 1 aliphatic carbocycles. The van der Waals surface area contributed by atoms with Gasteiger partial charge in [0.1, 0.15) is 0 Å². The highest BCUT2D eigenvalue weighted by molar-refractivity contribution is 5.81. The Kier molecular flexibility index (Phi) is 2.91. The lowest BCUT2D eigenvalue weighted by Crippen LogP contribution is -2.44. The quantitative estimate of drug-likeness (QED) is 0.630. The van der Waals surface area contributed by atoms with Gasteiger partial charge in [-0.1, -0.05) is 0 Å². The minimum atomic E-state index is -0.0729. The van der Waals surface area contributed by atoms with E-state index in [-0.39, 0.29) is 6.10 Å². The van der Waals surface area contributed by atoms with E-state index in [2.05, 4.69) is 22.3 Å². The Hall–Kier alpha value is -0.770. The Morgan fingerprint density at radius 2 is 2.07 bits per heavy atom. The first kappa shape index (κ1) is 9.77. The van der Waals surface area contributed by atoms with E-state index in [1.807, 2.05) is 0 Å². The van der Waals surface area contributed by atoms with Crippen LogP contribution in [0.2, 0.25) is 0 Å². The first-order valence-electron chi connectivity index (χ1n) is 5.46. The highest BCUT2D eigenvalue weighted by Crippen LogP contribution is 2.18. The predicted molar refractivity (Wildman–Crippen MR) is 56.3 cm³/mol. The van der Waals surface area contributed by atoms with Crippen LogP contribution < -0.4 is 5.32 Å². The summed E-state index contributed by atoms with van der Waals surface area (Å²) < 4.78 is 0. The van der Waals surface area contributed by atoms with Crippen LogP contribution in [0.1, 0.15) is 25.7 Å². The summed E-state index contributed by atoms with van der Waals surface area (Å²) in [7, 11) is 2.07. The third-order valence-corrected chi connectivity index (χ3v) is 3.09. The van der Waals surface area contributed by atoms with E-state index in [1.54, 1.807) is 0 Å². The molecule has 0 amide bonds. The third kappa shape index (κ3) is 2.18. The summed E-state index contributed by atoms with van der Waals surface area (Å²) in [6.07, 6.45) is 3.90. The molecule has 1 aliphatic heterocycles. The minimum absolute atomic E-state index is 0.0729. The van der Waals surface area contributed by atoms with E-state index in [9.17, 15) is 5.11 Å². The number of aliphatic hydroxyl groups is 1. The Labute approximate surface area is 85.0 Å². The molecule has 0 atom stereocenters. The lowest BCUT2D eigenvalue weighted by atomic mass is 9.93. The Bertz CT molecular complexity index is 221. The zero-order valence-corrected chi connectivity index (χ0v) is 8.74. The number of hydrogen-bond acceptors (Lipinski definition) is 4. The molecular weight excluding hydrogens is 178 g/mol. The average molecular weight is 197 g/mol. The van der Waals surface area contributed by atoms with Crippen LogP contribution >= 0.6 is 0 Å². The SMILES string of the molecule is CN1CCN=C1NC1CCC(O)CC1. The minimum Gasteiger partial charge on any atom is -0.393 e. The molecule has 1 heterocycles. The summed E-state index contributed by atoms with van der Waals surface area (Å²) in [6.45, 7) is 1.94. The molecule has 0 unspecified atom stereocenters. The number of guanidine groups is 1. The monoisotopic (exact) mass is 197 g/mol. The van der Waals surface area contributed by atoms with E-state index in [0.717, 1.165) is 44.7 Å². The summed E-state index contributed by atoms with van der Waals surface area (Å²) >= 11 is 0. The van der Waals surface area contributed by atoms with Gasteiger partial charge in [-0.2, -0.15) is 0 Å². The van der Waals surface area contributed by atoms with Gasteiger partial charge < -0.3 is 15.3 Å². The fourth-order valence-corrected chi connectivity index (χ4v) is 2.09. The van der Waals surface area contributed by atoms with E-state index in [4.69, 9.17) is 0 Å². The van der Waals surface area contributed by atoms with Crippen molar-refractivity contribution in [1.29, 1.82) is 0 Å². The van der Waals surface area contributed by atoms with Crippen LogP contribution in [-0.4, -0.2) is 48.2 Å². The third-order valence-electron chi connectivity index (χ3n) is 3.09. The molecule has 0 bridgehead atoms. The molecule has 2 N–H and O–H groups in total. The molecule has 0 aromatic carbocycles. The van der Waals surface area contributed by atoms with Crippen molar-refractivity contribution in [1.82, 2.24) is 10.2 Å². The topological polar surface area (TPSA) is 47.9 Å². The molecule has 0 aromatic heterocycles. The summed E-state index contributed by atoms with van der Waals surface area (Å²) in [5.41, 5.74) is 0. The molecule has 1 fully saturated rings. The van der Waals surface area contributed by atoms with Gasteiger partial charge in [-0.05, 0) is 25.7 Å². The summed E-state index contributed by atoms with van der Waals surface area (Å²) in [5.74, 6) is 1.03. The number of rotatable bonds is 1. The summed E-state index contributed by atoms with van der Waals surface area (Å²) in [4.78, 5) is 6.56. The highest BCUT2D eigenvalue weighted by atomic mass is 16.3. The second-order valence-corrected chi connectivity index (χ2v) is 4.28. The van der Waals surface area contributed by atoms with Gasteiger partial charge in [-0.25, -0.2) is 0 Å². The molecule has 4 nitrogen and oxygen atoms in total. The zero-order valence-electron chi connectivity index (χ0n) is 8.74. The standard InChI is InChI=1S/C10H19N3O/c1-13-7-6-11-10(13)12-8-2-4-9(14)5-3-8/h8-9,14H,2-7H2,1H3,(H,11,12). The summed E-state index contributed by atoms with van der Waals surface area (Å²) in [6, 6.07) is 0.512. The number of aliphatic hydroxyl groups excluding tert-OH is 1. The maximum atomic E-state index is 9.37. The molecule has 4 heteroatoms. The number of nitrogens with one attached hydrogen (secondary N) is 1.